The molecule has 0 aliphatic heterocycles. The fraction of sp³-hybridized carbons (Fsp3) is 0.158. The normalized spacial score (nSPS) is 12.3. The van der Waals surface area contributed by atoms with E-state index in [1.54, 1.807) is 17.4 Å². The van der Waals surface area contributed by atoms with Crippen molar-refractivity contribution in [2.45, 2.75) is 20.4 Å². The van der Waals surface area contributed by atoms with E-state index in [-0.39, 0.29) is 5.91 Å². The van der Waals surface area contributed by atoms with Crippen molar-refractivity contribution in [1.29, 1.82) is 0 Å². The van der Waals surface area contributed by atoms with Crippen LogP contribution < -0.4 is 4.80 Å². The van der Waals surface area contributed by atoms with Crippen molar-refractivity contribution in [3.8, 4) is 0 Å². The number of hydrogen-bond donors (Lipinski definition) is 0. The molecule has 0 aliphatic rings. The first kappa shape index (κ1) is 15.4. The molecule has 2 aromatic carbocycles. The van der Waals surface area contributed by atoms with E-state index in [1.807, 2.05) is 30.3 Å². The Labute approximate surface area is 139 Å². The summed E-state index contributed by atoms with van der Waals surface area (Å²) in [6, 6.07) is 16.1. The number of benzene rings is 2. The molecule has 1 heterocycles. The molecule has 0 N–H and O–H groups in total. The Morgan fingerprint density at radius 1 is 1.22 bits per heavy atom. The van der Waals surface area contributed by atoms with Crippen LogP contribution in [-0.2, 0) is 11.3 Å². The molecule has 3 rings (SSSR count). The van der Waals surface area contributed by atoms with Gasteiger partial charge in [-0.2, -0.15) is 4.99 Å². The van der Waals surface area contributed by atoms with Gasteiger partial charge in [0.25, 0.3) is 5.91 Å². The van der Waals surface area contributed by atoms with E-state index >= 15 is 0 Å². The molecule has 0 fully saturated rings. The maximum Gasteiger partial charge on any atom is 0.272 e. The zero-order valence-electron chi connectivity index (χ0n) is 13.2. The summed E-state index contributed by atoms with van der Waals surface area (Å²) >= 11 is 1.55. The van der Waals surface area contributed by atoms with Crippen molar-refractivity contribution in [1.82, 2.24) is 4.57 Å². The second-order valence-corrected chi connectivity index (χ2v) is 6.30. The predicted octanol–water partition coefficient (Wildman–Crippen LogP) is 4.17. The molecule has 0 unspecified atom stereocenters. The molecule has 0 saturated carbocycles. The van der Waals surface area contributed by atoms with Crippen LogP contribution in [0.4, 0.5) is 0 Å². The largest absolute Gasteiger partial charge is 0.317 e. The number of fused-ring (bicyclic) bond motifs is 1. The topological polar surface area (TPSA) is 34.4 Å². The SMILES string of the molecule is CCn1c(=NC(=O)/C=C/c2ccccc2)sc2cc(C)ccc21. The van der Waals surface area contributed by atoms with E-state index in [1.165, 1.54) is 11.6 Å². The van der Waals surface area contributed by atoms with Gasteiger partial charge in [-0.3, -0.25) is 4.79 Å². The number of aromatic nitrogens is 1. The quantitative estimate of drug-likeness (QED) is 0.666. The third kappa shape index (κ3) is 3.48. The first-order valence-electron chi connectivity index (χ1n) is 7.59. The highest BCUT2D eigenvalue weighted by Gasteiger charge is 2.05. The zero-order chi connectivity index (χ0) is 16.2. The molecule has 1 amide bonds. The van der Waals surface area contributed by atoms with Crippen molar-refractivity contribution >= 4 is 33.5 Å². The van der Waals surface area contributed by atoms with E-state index in [9.17, 15) is 4.79 Å². The summed E-state index contributed by atoms with van der Waals surface area (Å²) in [5.41, 5.74) is 3.33. The molecule has 1 aromatic heterocycles. The summed E-state index contributed by atoms with van der Waals surface area (Å²) in [7, 11) is 0. The second-order valence-electron chi connectivity index (χ2n) is 5.29. The summed E-state index contributed by atoms with van der Waals surface area (Å²) in [6.45, 7) is 4.92. The van der Waals surface area contributed by atoms with Crippen molar-refractivity contribution in [3.05, 3.63) is 70.5 Å². The number of hydrogen-bond acceptors (Lipinski definition) is 2. The number of carbonyl (C=O) groups excluding carboxylic acids is 1. The summed E-state index contributed by atoms with van der Waals surface area (Å²) in [5, 5.41) is 0. The molecule has 23 heavy (non-hydrogen) atoms. The van der Waals surface area contributed by atoms with Gasteiger partial charge in [0.05, 0.1) is 10.2 Å². The molecular weight excluding hydrogens is 304 g/mol. The molecule has 0 radical (unpaired) electrons. The molecular formula is C19H18N2OS. The van der Waals surface area contributed by atoms with Gasteiger partial charge in [0.2, 0.25) is 0 Å². The lowest BCUT2D eigenvalue weighted by atomic mass is 10.2. The molecule has 0 aliphatic carbocycles. The Morgan fingerprint density at radius 3 is 2.74 bits per heavy atom. The van der Waals surface area contributed by atoms with Crippen LogP contribution >= 0.6 is 11.3 Å². The van der Waals surface area contributed by atoms with E-state index in [0.717, 1.165) is 27.1 Å². The van der Waals surface area contributed by atoms with Crippen molar-refractivity contribution in [2.75, 3.05) is 0 Å². The minimum absolute atomic E-state index is 0.237. The first-order chi connectivity index (χ1) is 11.2. The van der Waals surface area contributed by atoms with Gasteiger partial charge in [-0.25, -0.2) is 0 Å². The number of aryl methyl sites for hydroxylation is 2. The Morgan fingerprint density at radius 2 is 2.00 bits per heavy atom. The van der Waals surface area contributed by atoms with Crippen LogP contribution in [0, 0.1) is 6.92 Å². The van der Waals surface area contributed by atoms with Crippen LogP contribution in [0.3, 0.4) is 0 Å². The Balaban J connectivity index is 1.97. The van der Waals surface area contributed by atoms with Crippen LogP contribution in [0.15, 0.2) is 59.6 Å². The van der Waals surface area contributed by atoms with Gasteiger partial charge in [-0.05, 0) is 43.2 Å². The third-order valence-corrected chi connectivity index (χ3v) is 4.62. The van der Waals surface area contributed by atoms with Gasteiger partial charge < -0.3 is 4.57 Å². The fourth-order valence-electron chi connectivity index (χ4n) is 2.43. The maximum atomic E-state index is 12.1. The van der Waals surface area contributed by atoms with Gasteiger partial charge >= 0.3 is 0 Å². The average molecular weight is 322 g/mol. The lowest BCUT2D eigenvalue weighted by Crippen LogP contribution is -2.15. The van der Waals surface area contributed by atoms with Crippen LogP contribution in [-0.4, -0.2) is 10.5 Å². The molecule has 0 atom stereocenters. The van der Waals surface area contributed by atoms with Gasteiger partial charge in [0, 0.05) is 12.6 Å². The number of rotatable bonds is 3. The molecule has 0 spiro atoms. The van der Waals surface area contributed by atoms with Crippen LogP contribution in [0.2, 0.25) is 0 Å². The van der Waals surface area contributed by atoms with Gasteiger partial charge in [0.15, 0.2) is 4.80 Å². The number of thiazole rings is 1. The van der Waals surface area contributed by atoms with Crippen molar-refractivity contribution < 1.29 is 4.79 Å². The highest BCUT2D eigenvalue weighted by molar-refractivity contribution is 7.16. The summed E-state index contributed by atoms with van der Waals surface area (Å²) < 4.78 is 3.23. The lowest BCUT2D eigenvalue weighted by Gasteiger charge is -1.99. The van der Waals surface area contributed by atoms with Crippen LogP contribution in [0.25, 0.3) is 16.3 Å². The van der Waals surface area contributed by atoms with E-state index in [2.05, 4.69) is 41.6 Å². The molecule has 3 nitrogen and oxygen atoms in total. The van der Waals surface area contributed by atoms with E-state index in [4.69, 9.17) is 0 Å². The highest BCUT2D eigenvalue weighted by atomic mass is 32.1. The average Bonchev–Trinajstić information content (AvgIpc) is 2.89. The standard InChI is InChI=1S/C19H18N2OS/c1-3-21-16-11-9-14(2)13-17(16)23-19(21)20-18(22)12-10-15-7-5-4-6-8-15/h4-13H,3H2,1-2H3/b12-10+,20-19?. The number of nitrogens with zero attached hydrogens (tertiary/aromatic N) is 2. The molecule has 0 bridgehead atoms. The highest BCUT2D eigenvalue weighted by Crippen LogP contribution is 2.18. The predicted molar refractivity (Wildman–Crippen MR) is 96.3 cm³/mol. The lowest BCUT2D eigenvalue weighted by molar-refractivity contribution is -0.113. The number of amides is 1. The van der Waals surface area contributed by atoms with Crippen molar-refractivity contribution in [2.24, 2.45) is 4.99 Å². The van der Waals surface area contributed by atoms with Crippen LogP contribution in [0.5, 0.6) is 0 Å². The first-order valence-corrected chi connectivity index (χ1v) is 8.41. The Kier molecular flexibility index (Phi) is 4.53. The molecule has 3 aromatic rings. The fourth-order valence-corrected chi connectivity index (χ4v) is 3.63. The molecule has 0 saturated heterocycles. The van der Waals surface area contributed by atoms with E-state index < -0.39 is 0 Å². The molecule has 4 heteroatoms. The Bertz CT molecular complexity index is 933. The second kappa shape index (κ2) is 6.75. The van der Waals surface area contributed by atoms with Gasteiger partial charge in [0.1, 0.15) is 0 Å². The minimum Gasteiger partial charge on any atom is -0.317 e. The van der Waals surface area contributed by atoms with Crippen LogP contribution in [0.1, 0.15) is 18.1 Å². The third-order valence-electron chi connectivity index (χ3n) is 3.58. The maximum absolute atomic E-state index is 12.1. The summed E-state index contributed by atoms with van der Waals surface area (Å²) in [5.74, 6) is -0.237. The molecule has 116 valence electrons. The number of carbonyl (C=O) groups is 1. The van der Waals surface area contributed by atoms with E-state index in [0.29, 0.717) is 0 Å². The zero-order valence-corrected chi connectivity index (χ0v) is 14.0. The summed E-state index contributed by atoms with van der Waals surface area (Å²) in [4.78, 5) is 17.2. The minimum atomic E-state index is -0.237. The smallest absolute Gasteiger partial charge is 0.272 e. The van der Waals surface area contributed by atoms with Gasteiger partial charge in [-0.15, -0.1) is 0 Å². The van der Waals surface area contributed by atoms with Crippen molar-refractivity contribution in [3.63, 3.8) is 0 Å². The summed E-state index contributed by atoms with van der Waals surface area (Å²) in [6.07, 6.45) is 3.31. The Hall–Kier alpha value is -2.46. The monoisotopic (exact) mass is 322 g/mol. The van der Waals surface area contributed by atoms with Gasteiger partial charge in [-0.1, -0.05) is 47.7 Å².